The zero-order valence-electron chi connectivity index (χ0n) is 9.07. The molecule has 94 valence electrons. The van der Waals surface area contributed by atoms with E-state index in [1.807, 2.05) is 0 Å². The Morgan fingerprint density at radius 1 is 1.35 bits per heavy atom. The van der Waals surface area contributed by atoms with Crippen LogP contribution in [0.3, 0.4) is 0 Å². The third-order valence-corrected chi connectivity index (χ3v) is 2.97. The lowest BCUT2D eigenvalue weighted by Gasteiger charge is -2.18. The Morgan fingerprint density at radius 2 is 2.12 bits per heavy atom. The zero-order chi connectivity index (χ0) is 12.5. The van der Waals surface area contributed by atoms with E-state index in [2.05, 4.69) is 0 Å². The lowest BCUT2D eigenvalue weighted by Crippen LogP contribution is -2.14. The lowest BCUT2D eigenvalue weighted by atomic mass is 9.94. The van der Waals surface area contributed by atoms with Crippen LogP contribution in [0.15, 0.2) is 24.3 Å². The molecular weight excluding hydrogens is 233 g/mol. The van der Waals surface area contributed by atoms with Crippen LogP contribution in [0.1, 0.15) is 23.7 Å². The zero-order valence-corrected chi connectivity index (χ0v) is 9.07. The summed E-state index contributed by atoms with van der Waals surface area (Å²) in [6, 6.07) is 4.83. The number of aliphatic hydroxyl groups excluding tert-OH is 1. The second-order valence-electron chi connectivity index (χ2n) is 4.19. The standard InChI is InChI=1S/C12H13F3O2/c13-12(14,15)10-3-1-2-8(6-10)11(16)9-4-5-17-7-9/h1-3,6,9,11,16H,4-5,7H2. The Morgan fingerprint density at radius 3 is 2.71 bits per heavy atom. The average Bonchev–Trinajstić information content (AvgIpc) is 2.80. The van der Waals surface area contributed by atoms with Gasteiger partial charge in [0, 0.05) is 12.5 Å². The Labute approximate surface area is 97.0 Å². The number of halogens is 3. The number of aliphatic hydroxyl groups is 1. The smallest absolute Gasteiger partial charge is 0.388 e. The van der Waals surface area contributed by atoms with Crippen molar-refractivity contribution in [2.24, 2.45) is 5.92 Å². The van der Waals surface area contributed by atoms with Crippen LogP contribution in [0, 0.1) is 5.92 Å². The number of ether oxygens (including phenoxy) is 1. The van der Waals surface area contributed by atoms with E-state index < -0.39 is 17.8 Å². The molecule has 5 heteroatoms. The van der Waals surface area contributed by atoms with Gasteiger partial charge in [0.2, 0.25) is 0 Å². The average molecular weight is 246 g/mol. The van der Waals surface area contributed by atoms with Gasteiger partial charge in [-0.2, -0.15) is 13.2 Å². The van der Waals surface area contributed by atoms with Crippen LogP contribution in [0.5, 0.6) is 0 Å². The first-order chi connectivity index (χ1) is 7.98. The number of hydrogen-bond acceptors (Lipinski definition) is 2. The Balaban J connectivity index is 2.20. The van der Waals surface area contributed by atoms with Crippen molar-refractivity contribution in [2.75, 3.05) is 13.2 Å². The molecule has 17 heavy (non-hydrogen) atoms. The molecule has 0 aromatic heterocycles. The molecule has 1 heterocycles. The minimum absolute atomic E-state index is 0.113. The summed E-state index contributed by atoms with van der Waals surface area (Å²) < 4.78 is 42.6. The molecule has 0 aliphatic carbocycles. The van der Waals surface area contributed by atoms with Crippen LogP contribution >= 0.6 is 0 Å². The van der Waals surface area contributed by atoms with E-state index in [-0.39, 0.29) is 5.92 Å². The monoisotopic (exact) mass is 246 g/mol. The SMILES string of the molecule is OC(c1cccc(C(F)(F)F)c1)C1CCOC1. The molecule has 2 atom stereocenters. The van der Waals surface area contributed by atoms with E-state index in [0.717, 1.165) is 12.1 Å². The number of hydrogen-bond donors (Lipinski definition) is 1. The van der Waals surface area contributed by atoms with Crippen LogP contribution < -0.4 is 0 Å². The molecule has 1 saturated heterocycles. The summed E-state index contributed by atoms with van der Waals surface area (Å²) in [5.41, 5.74) is -0.428. The summed E-state index contributed by atoms with van der Waals surface area (Å²) in [7, 11) is 0. The fourth-order valence-electron chi connectivity index (χ4n) is 1.97. The highest BCUT2D eigenvalue weighted by molar-refractivity contribution is 5.27. The minimum Gasteiger partial charge on any atom is -0.388 e. The van der Waals surface area contributed by atoms with Gasteiger partial charge in [-0.3, -0.25) is 0 Å². The molecule has 1 aromatic carbocycles. The fraction of sp³-hybridized carbons (Fsp3) is 0.500. The van der Waals surface area contributed by atoms with Gasteiger partial charge < -0.3 is 9.84 Å². The summed E-state index contributed by atoms with van der Waals surface area (Å²) in [6.45, 7) is 0.956. The van der Waals surface area contributed by atoms with E-state index in [1.54, 1.807) is 0 Å². The molecular formula is C12H13F3O2. The maximum atomic E-state index is 12.5. The topological polar surface area (TPSA) is 29.5 Å². The van der Waals surface area contributed by atoms with Crippen molar-refractivity contribution in [3.05, 3.63) is 35.4 Å². The van der Waals surface area contributed by atoms with Gasteiger partial charge in [-0.25, -0.2) is 0 Å². The minimum atomic E-state index is -4.37. The molecule has 1 N–H and O–H groups in total. The first-order valence-electron chi connectivity index (χ1n) is 5.41. The van der Waals surface area contributed by atoms with Gasteiger partial charge in [-0.05, 0) is 24.1 Å². The highest BCUT2D eigenvalue weighted by atomic mass is 19.4. The van der Waals surface area contributed by atoms with Gasteiger partial charge in [-0.15, -0.1) is 0 Å². The maximum Gasteiger partial charge on any atom is 0.416 e. The van der Waals surface area contributed by atoms with E-state index in [9.17, 15) is 18.3 Å². The molecule has 0 saturated carbocycles. The van der Waals surface area contributed by atoms with Gasteiger partial charge in [0.15, 0.2) is 0 Å². The van der Waals surface area contributed by atoms with E-state index in [0.29, 0.717) is 25.2 Å². The summed E-state index contributed by atoms with van der Waals surface area (Å²) in [6.07, 6.45) is -4.58. The molecule has 0 bridgehead atoms. The molecule has 0 spiro atoms. The van der Waals surface area contributed by atoms with Gasteiger partial charge >= 0.3 is 6.18 Å². The molecule has 1 fully saturated rings. The Kier molecular flexibility index (Phi) is 3.40. The normalized spacial score (nSPS) is 22.7. The van der Waals surface area contributed by atoms with Crippen molar-refractivity contribution in [3.8, 4) is 0 Å². The van der Waals surface area contributed by atoms with E-state index >= 15 is 0 Å². The fourth-order valence-corrected chi connectivity index (χ4v) is 1.97. The Hall–Kier alpha value is -1.07. The van der Waals surface area contributed by atoms with Crippen molar-refractivity contribution >= 4 is 0 Å². The second-order valence-corrected chi connectivity index (χ2v) is 4.19. The third kappa shape index (κ3) is 2.79. The van der Waals surface area contributed by atoms with Crippen LogP contribution in [0.2, 0.25) is 0 Å². The highest BCUT2D eigenvalue weighted by Gasteiger charge is 2.32. The molecule has 1 aliphatic rings. The molecule has 1 aliphatic heterocycles. The van der Waals surface area contributed by atoms with Crippen LogP contribution in [-0.2, 0) is 10.9 Å². The third-order valence-electron chi connectivity index (χ3n) is 2.97. The quantitative estimate of drug-likeness (QED) is 0.869. The number of alkyl halides is 3. The molecule has 2 rings (SSSR count). The van der Waals surface area contributed by atoms with Crippen LogP contribution in [-0.4, -0.2) is 18.3 Å². The first-order valence-corrected chi connectivity index (χ1v) is 5.41. The van der Waals surface area contributed by atoms with Crippen molar-refractivity contribution in [1.29, 1.82) is 0 Å². The van der Waals surface area contributed by atoms with Gasteiger partial charge in [-0.1, -0.05) is 12.1 Å². The Bertz CT molecular complexity index is 384. The predicted octanol–water partition coefficient (Wildman–Crippen LogP) is 2.78. The molecule has 1 aromatic rings. The predicted molar refractivity (Wildman–Crippen MR) is 55.3 cm³/mol. The molecule has 0 amide bonds. The lowest BCUT2D eigenvalue weighted by molar-refractivity contribution is -0.137. The molecule has 2 nitrogen and oxygen atoms in total. The van der Waals surface area contributed by atoms with E-state index in [4.69, 9.17) is 4.74 Å². The van der Waals surface area contributed by atoms with Crippen molar-refractivity contribution in [1.82, 2.24) is 0 Å². The maximum absolute atomic E-state index is 12.5. The van der Waals surface area contributed by atoms with E-state index in [1.165, 1.54) is 12.1 Å². The van der Waals surface area contributed by atoms with Crippen molar-refractivity contribution < 1.29 is 23.0 Å². The summed E-state index contributed by atoms with van der Waals surface area (Å²) in [5.74, 6) is -0.113. The van der Waals surface area contributed by atoms with Gasteiger partial charge in [0.05, 0.1) is 18.3 Å². The van der Waals surface area contributed by atoms with Crippen molar-refractivity contribution in [2.45, 2.75) is 18.7 Å². The van der Waals surface area contributed by atoms with Crippen molar-refractivity contribution in [3.63, 3.8) is 0 Å². The van der Waals surface area contributed by atoms with Crippen LogP contribution in [0.25, 0.3) is 0 Å². The first kappa shape index (κ1) is 12.4. The largest absolute Gasteiger partial charge is 0.416 e. The van der Waals surface area contributed by atoms with Crippen LogP contribution in [0.4, 0.5) is 13.2 Å². The summed E-state index contributed by atoms with van der Waals surface area (Å²) >= 11 is 0. The van der Waals surface area contributed by atoms with Gasteiger partial charge in [0.25, 0.3) is 0 Å². The summed E-state index contributed by atoms with van der Waals surface area (Å²) in [5, 5.41) is 9.96. The van der Waals surface area contributed by atoms with Gasteiger partial charge in [0.1, 0.15) is 0 Å². The summed E-state index contributed by atoms with van der Waals surface area (Å²) in [4.78, 5) is 0. The highest BCUT2D eigenvalue weighted by Crippen LogP contribution is 2.33. The molecule has 0 radical (unpaired) electrons. The number of rotatable bonds is 2. The molecule has 2 unspecified atom stereocenters. The number of benzene rings is 1. The second kappa shape index (κ2) is 4.66.